The standard InChI is InChI=1S/C12H17NO4/c1-7(14)9-4-5-10(11(6-9)16-3)17-8(2)12(13)15/h4-8,14H,1-3H3,(H2,13,15). The van der Waals surface area contributed by atoms with E-state index in [1.165, 1.54) is 7.11 Å². The molecule has 1 aromatic carbocycles. The van der Waals surface area contributed by atoms with Crippen LogP contribution in [0.15, 0.2) is 18.2 Å². The van der Waals surface area contributed by atoms with Gasteiger partial charge < -0.3 is 20.3 Å². The van der Waals surface area contributed by atoms with Gasteiger partial charge in [-0.3, -0.25) is 4.79 Å². The number of nitrogens with two attached hydrogens (primary N) is 1. The number of hydrogen-bond donors (Lipinski definition) is 2. The van der Waals surface area contributed by atoms with Gasteiger partial charge in [0, 0.05) is 0 Å². The van der Waals surface area contributed by atoms with Crippen LogP contribution in [0.1, 0.15) is 25.5 Å². The Bertz CT molecular complexity index is 403. The number of hydrogen-bond acceptors (Lipinski definition) is 4. The average molecular weight is 239 g/mol. The van der Waals surface area contributed by atoms with Gasteiger partial charge in [0.15, 0.2) is 17.6 Å². The molecule has 0 aliphatic rings. The van der Waals surface area contributed by atoms with Crippen molar-refractivity contribution in [1.29, 1.82) is 0 Å². The lowest BCUT2D eigenvalue weighted by atomic mass is 10.1. The molecule has 2 atom stereocenters. The lowest BCUT2D eigenvalue weighted by molar-refractivity contribution is -0.124. The van der Waals surface area contributed by atoms with Crippen molar-refractivity contribution < 1.29 is 19.4 Å². The molecule has 5 heteroatoms. The molecular weight excluding hydrogens is 222 g/mol. The number of aliphatic hydroxyl groups is 1. The minimum Gasteiger partial charge on any atom is -0.493 e. The third-order valence-electron chi connectivity index (χ3n) is 2.37. The third-order valence-corrected chi connectivity index (χ3v) is 2.37. The van der Waals surface area contributed by atoms with Crippen LogP contribution >= 0.6 is 0 Å². The quantitative estimate of drug-likeness (QED) is 0.803. The number of rotatable bonds is 5. The van der Waals surface area contributed by atoms with Crippen LogP contribution in [0.3, 0.4) is 0 Å². The van der Waals surface area contributed by atoms with Crippen LogP contribution in [0.5, 0.6) is 11.5 Å². The molecule has 0 bridgehead atoms. The van der Waals surface area contributed by atoms with Crippen molar-refractivity contribution in [1.82, 2.24) is 0 Å². The fraction of sp³-hybridized carbons (Fsp3) is 0.417. The highest BCUT2D eigenvalue weighted by molar-refractivity contribution is 5.78. The number of primary amides is 1. The Kier molecular flexibility index (Phi) is 4.34. The Balaban J connectivity index is 2.96. The summed E-state index contributed by atoms with van der Waals surface area (Å²) >= 11 is 0. The topological polar surface area (TPSA) is 81.8 Å². The molecule has 2 unspecified atom stereocenters. The van der Waals surface area contributed by atoms with Gasteiger partial charge in [0.25, 0.3) is 5.91 Å². The van der Waals surface area contributed by atoms with Gasteiger partial charge in [-0.1, -0.05) is 6.07 Å². The summed E-state index contributed by atoms with van der Waals surface area (Å²) in [5, 5.41) is 9.43. The number of methoxy groups -OCH3 is 1. The average Bonchev–Trinajstić information content (AvgIpc) is 2.28. The molecule has 1 aromatic rings. The van der Waals surface area contributed by atoms with Crippen molar-refractivity contribution in [2.75, 3.05) is 7.11 Å². The Labute approximate surface area is 100 Å². The lowest BCUT2D eigenvalue weighted by Gasteiger charge is -2.15. The van der Waals surface area contributed by atoms with E-state index >= 15 is 0 Å². The molecule has 0 heterocycles. The summed E-state index contributed by atoms with van der Waals surface area (Å²) in [6.45, 7) is 3.21. The zero-order valence-corrected chi connectivity index (χ0v) is 10.1. The van der Waals surface area contributed by atoms with Gasteiger partial charge in [-0.05, 0) is 31.5 Å². The molecule has 0 spiro atoms. The maximum absolute atomic E-state index is 10.9. The molecule has 0 aliphatic carbocycles. The van der Waals surface area contributed by atoms with E-state index < -0.39 is 18.1 Å². The van der Waals surface area contributed by atoms with Gasteiger partial charge >= 0.3 is 0 Å². The highest BCUT2D eigenvalue weighted by atomic mass is 16.5. The number of ether oxygens (including phenoxy) is 2. The van der Waals surface area contributed by atoms with Crippen molar-refractivity contribution in [2.24, 2.45) is 5.73 Å². The highest BCUT2D eigenvalue weighted by Gasteiger charge is 2.14. The van der Waals surface area contributed by atoms with Crippen molar-refractivity contribution in [3.8, 4) is 11.5 Å². The number of amides is 1. The summed E-state index contributed by atoms with van der Waals surface area (Å²) in [7, 11) is 1.49. The van der Waals surface area contributed by atoms with Crippen LogP contribution in [0.25, 0.3) is 0 Å². The van der Waals surface area contributed by atoms with E-state index in [1.807, 2.05) is 0 Å². The number of benzene rings is 1. The van der Waals surface area contributed by atoms with Crippen molar-refractivity contribution in [2.45, 2.75) is 26.1 Å². The lowest BCUT2D eigenvalue weighted by Crippen LogP contribution is -2.30. The van der Waals surface area contributed by atoms with Gasteiger partial charge in [-0.2, -0.15) is 0 Å². The van der Waals surface area contributed by atoms with Gasteiger partial charge in [0.2, 0.25) is 0 Å². The van der Waals surface area contributed by atoms with Crippen LogP contribution in [0.2, 0.25) is 0 Å². The summed E-state index contributed by atoms with van der Waals surface area (Å²) in [5.74, 6) is 0.325. The first-order valence-electron chi connectivity index (χ1n) is 5.27. The molecule has 0 saturated heterocycles. The molecule has 0 aliphatic heterocycles. The third kappa shape index (κ3) is 3.35. The molecule has 17 heavy (non-hydrogen) atoms. The molecule has 0 radical (unpaired) electrons. The van der Waals surface area contributed by atoms with E-state index in [1.54, 1.807) is 32.0 Å². The van der Waals surface area contributed by atoms with E-state index in [2.05, 4.69) is 0 Å². The Morgan fingerprint density at radius 2 is 2.00 bits per heavy atom. The Hall–Kier alpha value is -1.75. The van der Waals surface area contributed by atoms with E-state index in [4.69, 9.17) is 15.2 Å². The highest BCUT2D eigenvalue weighted by Crippen LogP contribution is 2.30. The SMILES string of the molecule is COc1cc(C(C)O)ccc1OC(C)C(N)=O. The molecule has 1 rings (SSSR count). The molecule has 94 valence electrons. The first kappa shape index (κ1) is 13.3. The van der Waals surface area contributed by atoms with Gasteiger partial charge in [-0.15, -0.1) is 0 Å². The minimum atomic E-state index is -0.735. The van der Waals surface area contributed by atoms with Crippen LogP contribution < -0.4 is 15.2 Å². The molecule has 3 N–H and O–H groups in total. The monoisotopic (exact) mass is 239 g/mol. The first-order valence-corrected chi connectivity index (χ1v) is 5.27. The largest absolute Gasteiger partial charge is 0.493 e. The van der Waals surface area contributed by atoms with Crippen molar-refractivity contribution >= 4 is 5.91 Å². The molecule has 0 aromatic heterocycles. The number of carbonyl (C=O) groups excluding carboxylic acids is 1. The van der Waals surface area contributed by atoms with E-state index in [0.29, 0.717) is 17.1 Å². The summed E-state index contributed by atoms with van der Waals surface area (Å²) in [5.41, 5.74) is 5.82. The van der Waals surface area contributed by atoms with Crippen LogP contribution in [0, 0.1) is 0 Å². The zero-order valence-electron chi connectivity index (χ0n) is 10.1. The summed E-state index contributed by atoms with van der Waals surface area (Å²) in [6.07, 6.45) is -1.33. The van der Waals surface area contributed by atoms with Crippen molar-refractivity contribution in [3.63, 3.8) is 0 Å². The van der Waals surface area contributed by atoms with Crippen LogP contribution in [-0.4, -0.2) is 24.2 Å². The second kappa shape index (κ2) is 5.54. The van der Waals surface area contributed by atoms with E-state index in [-0.39, 0.29) is 0 Å². The van der Waals surface area contributed by atoms with Gasteiger partial charge in [0.05, 0.1) is 13.2 Å². The molecule has 5 nitrogen and oxygen atoms in total. The normalized spacial score (nSPS) is 13.9. The molecule has 1 amide bonds. The smallest absolute Gasteiger partial charge is 0.258 e. The van der Waals surface area contributed by atoms with E-state index in [0.717, 1.165) is 0 Å². The maximum Gasteiger partial charge on any atom is 0.258 e. The Morgan fingerprint density at radius 1 is 1.35 bits per heavy atom. The number of carbonyl (C=O) groups is 1. The fourth-order valence-corrected chi connectivity index (χ4v) is 1.29. The summed E-state index contributed by atoms with van der Waals surface area (Å²) < 4.78 is 10.5. The predicted molar refractivity (Wildman–Crippen MR) is 62.9 cm³/mol. The second-order valence-corrected chi connectivity index (χ2v) is 3.75. The minimum absolute atomic E-state index is 0.420. The molecule has 0 fully saturated rings. The zero-order chi connectivity index (χ0) is 13.0. The van der Waals surface area contributed by atoms with Gasteiger partial charge in [-0.25, -0.2) is 0 Å². The molecular formula is C12H17NO4. The first-order chi connectivity index (χ1) is 7.95. The number of aliphatic hydroxyl groups excluding tert-OH is 1. The van der Waals surface area contributed by atoms with Crippen molar-refractivity contribution in [3.05, 3.63) is 23.8 Å². The second-order valence-electron chi connectivity index (χ2n) is 3.75. The van der Waals surface area contributed by atoms with E-state index in [9.17, 15) is 9.90 Å². The fourth-order valence-electron chi connectivity index (χ4n) is 1.29. The Morgan fingerprint density at radius 3 is 2.47 bits per heavy atom. The van der Waals surface area contributed by atoms with Crippen LogP contribution in [0.4, 0.5) is 0 Å². The maximum atomic E-state index is 10.9. The summed E-state index contributed by atoms with van der Waals surface area (Å²) in [6, 6.07) is 5.00. The predicted octanol–water partition coefficient (Wildman–Crippen LogP) is 1.00. The van der Waals surface area contributed by atoms with Crippen LogP contribution in [-0.2, 0) is 4.79 Å². The molecule has 0 saturated carbocycles. The summed E-state index contributed by atoms with van der Waals surface area (Å²) in [4.78, 5) is 10.9. The van der Waals surface area contributed by atoms with Gasteiger partial charge in [0.1, 0.15) is 0 Å².